The van der Waals surface area contributed by atoms with E-state index in [4.69, 9.17) is 5.73 Å². The number of halogens is 2. The predicted octanol–water partition coefficient (Wildman–Crippen LogP) is 1.83. The van der Waals surface area contributed by atoms with Crippen molar-refractivity contribution in [1.29, 1.82) is 0 Å². The molecule has 0 spiro atoms. The summed E-state index contributed by atoms with van der Waals surface area (Å²) >= 11 is 0. The van der Waals surface area contributed by atoms with Crippen LogP contribution < -0.4 is 5.73 Å². The molecule has 0 radical (unpaired) electrons. The van der Waals surface area contributed by atoms with Gasteiger partial charge in [-0.05, 0) is 19.2 Å². The lowest BCUT2D eigenvalue weighted by atomic mass is 10.0. The first-order chi connectivity index (χ1) is 9.52. The predicted molar refractivity (Wildman–Crippen MR) is 72.8 cm³/mol. The Morgan fingerprint density at radius 3 is 2.50 bits per heavy atom. The average molecular weight is 280 g/mol. The first kappa shape index (κ1) is 14.6. The lowest BCUT2D eigenvalue weighted by molar-refractivity contribution is 0.231. The van der Waals surface area contributed by atoms with E-state index in [9.17, 15) is 8.78 Å². The fourth-order valence-electron chi connectivity index (χ4n) is 2.30. The van der Waals surface area contributed by atoms with Crippen molar-refractivity contribution in [1.82, 2.24) is 14.7 Å². The van der Waals surface area contributed by atoms with Gasteiger partial charge in [0, 0.05) is 37.5 Å². The highest BCUT2D eigenvalue weighted by atomic mass is 19.1. The van der Waals surface area contributed by atoms with Gasteiger partial charge in [0.1, 0.15) is 11.6 Å². The highest BCUT2D eigenvalue weighted by molar-refractivity contribution is 5.24. The minimum absolute atomic E-state index is 0.0152. The van der Waals surface area contributed by atoms with Crippen LogP contribution in [-0.2, 0) is 13.6 Å². The second-order valence-electron chi connectivity index (χ2n) is 4.82. The van der Waals surface area contributed by atoms with Crippen molar-refractivity contribution in [2.24, 2.45) is 12.8 Å². The zero-order valence-corrected chi connectivity index (χ0v) is 11.6. The Bertz CT molecular complexity index is 562. The van der Waals surface area contributed by atoms with Crippen molar-refractivity contribution in [2.45, 2.75) is 12.6 Å². The van der Waals surface area contributed by atoms with Crippen LogP contribution in [0.3, 0.4) is 0 Å². The van der Waals surface area contributed by atoms with Gasteiger partial charge in [-0.15, -0.1) is 0 Å². The van der Waals surface area contributed by atoms with Crippen molar-refractivity contribution in [3.8, 4) is 0 Å². The molecule has 0 aliphatic heterocycles. The lowest BCUT2D eigenvalue weighted by Gasteiger charge is -2.27. The lowest BCUT2D eigenvalue weighted by Crippen LogP contribution is -2.31. The first-order valence-electron chi connectivity index (χ1n) is 6.34. The summed E-state index contributed by atoms with van der Waals surface area (Å²) in [7, 11) is 3.61. The summed E-state index contributed by atoms with van der Waals surface area (Å²) in [6.07, 6.45) is 3.59. The van der Waals surface area contributed by atoms with Gasteiger partial charge in [-0.1, -0.05) is 6.07 Å². The summed E-state index contributed by atoms with van der Waals surface area (Å²) in [5.74, 6) is -1.14. The molecule has 2 N–H and O–H groups in total. The maximum Gasteiger partial charge on any atom is 0.130 e. The Morgan fingerprint density at radius 2 is 2.00 bits per heavy atom. The quantitative estimate of drug-likeness (QED) is 0.909. The summed E-state index contributed by atoms with van der Waals surface area (Å²) in [6.45, 7) is 0.651. The average Bonchev–Trinajstić information content (AvgIpc) is 2.79. The fourth-order valence-corrected chi connectivity index (χ4v) is 2.30. The van der Waals surface area contributed by atoms with E-state index < -0.39 is 17.7 Å². The van der Waals surface area contributed by atoms with Crippen molar-refractivity contribution in [3.63, 3.8) is 0 Å². The summed E-state index contributed by atoms with van der Waals surface area (Å²) in [6, 6.07) is 3.33. The van der Waals surface area contributed by atoms with Crippen molar-refractivity contribution in [2.75, 3.05) is 13.6 Å². The molecule has 2 aromatic rings. The van der Waals surface area contributed by atoms with Crippen LogP contribution >= 0.6 is 0 Å². The van der Waals surface area contributed by atoms with E-state index in [2.05, 4.69) is 5.10 Å². The van der Waals surface area contributed by atoms with Gasteiger partial charge in [0.2, 0.25) is 0 Å². The van der Waals surface area contributed by atoms with Crippen LogP contribution in [0.5, 0.6) is 0 Å². The third-order valence-electron chi connectivity index (χ3n) is 3.28. The number of hydrogen-bond donors (Lipinski definition) is 1. The van der Waals surface area contributed by atoms with Crippen LogP contribution in [0.2, 0.25) is 0 Å². The maximum atomic E-state index is 13.9. The number of likely N-dealkylation sites (N-methyl/N-ethyl adjacent to an activating group) is 1. The zero-order chi connectivity index (χ0) is 14.7. The van der Waals surface area contributed by atoms with Gasteiger partial charge in [-0.25, -0.2) is 8.78 Å². The molecule has 2 rings (SSSR count). The molecular formula is C14H18F2N4. The molecule has 0 bridgehead atoms. The van der Waals surface area contributed by atoms with Gasteiger partial charge in [0.05, 0.1) is 12.2 Å². The number of rotatable bonds is 5. The number of nitrogens with zero attached hydrogens (tertiary/aromatic N) is 3. The third-order valence-corrected chi connectivity index (χ3v) is 3.28. The summed E-state index contributed by atoms with van der Waals surface area (Å²) in [5.41, 5.74) is 6.68. The molecule has 0 aliphatic carbocycles. The fraction of sp³-hybridized carbons (Fsp3) is 0.357. The SMILES string of the molecule is CN(Cc1cnn(C)c1)C(CN)c1c(F)cccc1F. The summed E-state index contributed by atoms with van der Waals surface area (Å²) < 4.78 is 29.4. The molecule has 0 fully saturated rings. The standard InChI is InChI=1S/C14H18F2N4/c1-19(8-10-7-18-20(2)9-10)13(6-17)14-11(15)4-3-5-12(14)16/h3-5,7,9,13H,6,8,17H2,1-2H3. The third kappa shape index (κ3) is 3.02. The van der Waals surface area contributed by atoms with E-state index in [1.54, 1.807) is 17.9 Å². The van der Waals surface area contributed by atoms with Gasteiger partial charge in [-0.3, -0.25) is 9.58 Å². The number of nitrogens with two attached hydrogens (primary N) is 1. The smallest absolute Gasteiger partial charge is 0.130 e. The minimum atomic E-state index is -0.571. The van der Waals surface area contributed by atoms with Crippen LogP contribution in [0.25, 0.3) is 0 Å². The van der Waals surface area contributed by atoms with Crippen molar-refractivity contribution >= 4 is 0 Å². The molecule has 6 heteroatoms. The number of aromatic nitrogens is 2. The molecule has 1 heterocycles. The second kappa shape index (κ2) is 6.11. The molecule has 1 unspecified atom stereocenters. The normalized spacial score (nSPS) is 12.9. The summed E-state index contributed by atoms with van der Waals surface area (Å²) in [5, 5.41) is 4.07. The molecule has 0 aliphatic rings. The number of aryl methyl sites for hydroxylation is 1. The summed E-state index contributed by atoms with van der Waals surface area (Å²) in [4.78, 5) is 1.82. The Morgan fingerprint density at radius 1 is 1.35 bits per heavy atom. The molecule has 1 atom stereocenters. The number of benzene rings is 1. The van der Waals surface area contributed by atoms with Crippen LogP contribution in [0, 0.1) is 11.6 Å². The Balaban J connectivity index is 2.23. The van der Waals surface area contributed by atoms with E-state index in [1.165, 1.54) is 18.2 Å². The molecule has 0 saturated carbocycles. The van der Waals surface area contributed by atoms with Gasteiger partial charge >= 0.3 is 0 Å². The van der Waals surface area contributed by atoms with E-state index in [0.29, 0.717) is 6.54 Å². The molecule has 108 valence electrons. The Hall–Kier alpha value is -1.79. The van der Waals surface area contributed by atoms with Gasteiger partial charge in [0.15, 0.2) is 0 Å². The largest absolute Gasteiger partial charge is 0.329 e. The van der Waals surface area contributed by atoms with E-state index in [1.807, 2.05) is 18.1 Å². The van der Waals surface area contributed by atoms with E-state index in [0.717, 1.165) is 5.56 Å². The van der Waals surface area contributed by atoms with Crippen LogP contribution in [-0.4, -0.2) is 28.3 Å². The monoisotopic (exact) mass is 280 g/mol. The number of hydrogen-bond acceptors (Lipinski definition) is 3. The van der Waals surface area contributed by atoms with Crippen LogP contribution in [0.4, 0.5) is 8.78 Å². The maximum absolute atomic E-state index is 13.9. The Kier molecular flexibility index (Phi) is 4.46. The van der Waals surface area contributed by atoms with Crippen molar-refractivity contribution in [3.05, 3.63) is 53.4 Å². The topological polar surface area (TPSA) is 47.1 Å². The zero-order valence-electron chi connectivity index (χ0n) is 11.6. The Labute approximate surface area is 116 Å². The highest BCUT2D eigenvalue weighted by Gasteiger charge is 2.23. The first-order valence-corrected chi connectivity index (χ1v) is 6.34. The molecule has 1 aromatic heterocycles. The van der Waals surface area contributed by atoms with Gasteiger partial charge in [-0.2, -0.15) is 5.10 Å². The molecule has 4 nitrogen and oxygen atoms in total. The second-order valence-corrected chi connectivity index (χ2v) is 4.82. The van der Waals surface area contributed by atoms with E-state index >= 15 is 0 Å². The molecule has 1 aromatic carbocycles. The molecular weight excluding hydrogens is 262 g/mol. The van der Waals surface area contributed by atoms with Crippen LogP contribution in [0.15, 0.2) is 30.6 Å². The van der Waals surface area contributed by atoms with E-state index in [-0.39, 0.29) is 12.1 Å². The van der Waals surface area contributed by atoms with Gasteiger partial charge < -0.3 is 5.73 Å². The molecule has 20 heavy (non-hydrogen) atoms. The molecule has 0 amide bonds. The van der Waals surface area contributed by atoms with Crippen LogP contribution in [0.1, 0.15) is 17.2 Å². The minimum Gasteiger partial charge on any atom is -0.329 e. The van der Waals surface area contributed by atoms with Crippen molar-refractivity contribution < 1.29 is 8.78 Å². The highest BCUT2D eigenvalue weighted by Crippen LogP contribution is 2.25. The molecule has 0 saturated heterocycles. The van der Waals surface area contributed by atoms with Gasteiger partial charge in [0.25, 0.3) is 0 Å².